The molecule has 0 aliphatic rings. The number of carbonyl (C=O) groups excluding carboxylic acids is 1. The van der Waals surface area contributed by atoms with Gasteiger partial charge < -0.3 is 10.6 Å². The van der Waals surface area contributed by atoms with Crippen molar-refractivity contribution in [1.29, 1.82) is 0 Å². The molecular weight excluding hydrogens is 222 g/mol. The third kappa shape index (κ3) is 2.80. The van der Waals surface area contributed by atoms with Crippen LogP contribution in [0.25, 0.3) is 0 Å². The molecule has 17 heavy (non-hydrogen) atoms. The normalized spacial score (nSPS) is 10.4. The Bertz CT molecular complexity index is 489. The monoisotopic (exact) mass is 235 g/mol. The van der Waals surface area contributed by atoms with E-state index in [2.05, 4.69) is 20.3 Å². The van der Waals surface area contributed by atoms with E-state index in [1.165, 1.54) is 11.0 Å². The summed E-state index contributed by atoms with van der Waals surface area (Å²) < 4.78 is 1.41. The van der Waals surface area contributed by atoms with Gasteiger partial charge in [0.05, 0.1) is 6.20 Å². The molecule has 0 radical (unpaired) electrons. The fourth-order valence-corrected chi connectivity index (χ4v) is 1.37. The molecule has 1 amide bonds. The van der Waals surface area contributed by atoms with E-state index in [9.17, 15) is 4.79 Å². The summed E-state index contributed by atoms with van der Waals surface area (Å²) in [5.41, 5.74) is 6.30. The van der Waals surface area contributed by atoms with Crippen molar-refractivity contribution in [3.8, 4) is 0 Å². The second kappa shape index (κ2) is 4.64. The van der Waals surface area contributed by atoms with Crippen LogP contribution in [0.15, 0.2) is 18.7 Å². The standard InChI is InChI=1S/C9H13N7O/c1-15(4-7-2-12-13-3-7)8(17)5-16-6-11-9(10)14-16/h2-3,6H,4-5H2,1H3,(H2,10,14)(H,12,13). The van der Waals surface area contributed by atoms with Crippen molar-refractivity contribution >= 4 is 11.9 Å². The van der Waals surface area contributed by atoms with Crippen LogP contribution in [-0.2, 0) is 17.9 Å². The van der Waals surface area contributed by atoms with Crippen LogP contribution >= 0.6 is 0 Å². The number of rotatable bonds is 4. The third-order valence-electron chi connectivity index (χ3n) is 2.25. The zero-order valence-corrected chi connectivity index (χ0v) is 9.37. The van der Waals surface area contributed by atoms with Crippen molar-refractivity contribution in [2.45, 2.75) is 13.1 Å². The van der Waals surface area contributed by atoms with Crippen LogP contribution in [0.3, 0.4) is 0 Å². The predicted octanol–water partition coefficient (Wildman–Crippen LogP) is -0.758. The van der Waals surface area contributed by atoms with Crippen molar-refractivity contribution in [1.82, 2.24) is 29.9 Å². The number of H-pyrrole nitrogens is 1. The molecular formula is C9H13N7O. The molecule has 2 aromatic heterocycles. The Balaban J connectivity index is 1.91. The number of likely N-dealkylation sites (N-methyl/N-ethyl adjacent to an activating group) is 1. The highest BCUT2D eigenvalue weighted by molar-refractivity contribution is 5.75. The van der Waals surface area contributed by atoms with E-state index in [-0.39, 0.29) is 18.4 Å². The molecule has 0 saturated heterocycles. The van der Waals surface area contributed by atoms with Crippen LogP contribution in [0.4, 0.5) is 5.95 Å². The van der Waals surface area contributed by atoms with Gasteiger partial charge in [0.1, 0.15) is 12.9 Å². The van der Waals surface area contributed by atoms with Crippen molar-refractivity contribution < 1.29 is 4.79 Å². The Hall–Kier alpha value is -2.38. The minimum Gasteiger partial charge on any atom is -0.367 e. The first-order chi connectivity index (χ1) is 8.15. The molecule has 0 aliphatic heterocycles. The van der Waals surface area contributed by atoms with Gasteiger partial charge in [0.25, 0.3) is 0 Å². The molecule has 0 atom stereocenters. The topological polar surface area (TPSA) is 106 Å². The smallest absolute Gasteiger partial charge is 0.244 e. The Morgan fingerprint density at radius 1 is 1.65 bits per heavy atom. The summed E-state index contributed by atoms with van der Waals surface area (Å²) in [5, 5.41) is 10.4. The lowest BCUT2D eigenvalue weighted by Crippen LogP contribution is -2.29. The molecule has 2 heterocycles. The quantitative estimate of drug-likeness (QED) is 0.724. The first kappa shape index (κ1) is 11.1. The highest BCUT2D eigenvalue weighted by atomic mass is 16.2. The maximum Gasteiger partial charge on any atom is 0.244 e. The highest BCUT2D eigenvalue weighted by Gasteiger charge is 2.11. The maximum absolute atomic E-state index is 11.8. The van der Waals surface area contributed by atoms with Gasteiger partial charge in [0, 0.05) is 25.4 Å². The largest absolute Gasteiger partial charge is 0.367 e. The molecule has 0 aromatic carbocycles. The zero-order chi connectivity index (χ0) is 12.3. The molecule has 0 aliphatic carbocycles. The summed E-state index contributed by atoms with van der Waals surface area (Å²) in [6.07, 6.45) is 4.85. The molecule has 90 valence electrons. The molecule has 0 bridgehead atoms. The molecule has 0 saturated carbocycles. The van der Waals surface area contributed by atoms with Gasteiger partial charge in [-0.3, -0.25) is 9.89 Å². The molecule has 8 heteroatoms. The first-order valence-corrected chi connectivity index (χ1v) is 5.01. The van der Waals surface area contributed by atoms with E-state index in [1.807, 2.05) is 0 Å². The van der Waals surface area contributed by atoms with Gasteiger partial charge in [-0.25, -0.2) is 9.67 Å². The Morgan fingerprint density at radius 2 is 2.47 bits per heavy atom. The van der Waals surface area contributed by atoms with Crippen LogP contribution < -0.4 is 5.73 Å². The number of nitrogens with two attached hydrogens (primary N) is 1. The van der Waals surface area contributed by atoms with E-state index in [4.69, 9.17) is 5.73 Å². The Morgan fingerprint density at radius 3 is 3.06 bits per heavy atom. The minimum atomic E-state index is -0.0731. The van der Waals surface area contributed by atoms with Crippen LogP contribution in [0, 0.1) is 0 Å². The number of nitrogen functional groups attached to an aromatic ring is 1. The first-order valence-electron chi connectivity index (χ1n) is 5.01. The number of aromatic amines is 1. The van der Waals surface area contributed by atoms with Gasteiger partial charge >= 0.3 is 0 Å². The fraction of sp³-hybridized carbons (Fsp3) is 0.333. The van der Waals surface area contributed by atoms with Crippen molar-refractivity contribution in [2.75, 3.05) is 12.8 Å². The van der Waals surface area contributed by atoms with E-state index in [0.717, 1.165) is 5.56 Å². The molecule has 8 nitrogen and oxygen atoms in total. The molecule has 2 rings (SSSR count). The summed E-state index contributed by atoms with van der Waals surface area (Å²) in [6.45, 7) is 0.623. The van der Waals surface area contributed by atoms with Crippen molar-refractivity contribution in [3.63, 3.8) is 0 Å². The van der Waals surface area contributed by atoms with Gasteiger partial charge in [0.2, 0.25) is 11.9 Å². The summed E-state index contributed by atoms with van der Waals surface area (Å²) in [4.78, 5) is 17.1. The number of amides is 1. The van der Waals surface area contributed by atoms with Crippen molar-refractivity contribution in [3.05, 3.63) is 24.3 Å². The summed E-state index contributed by atoms with van der Waals surface area (Å²) in [5.74, 6) is 0.0892. The summed E-state index contributed by atoms with van der Waals surface area (Å²) in [7, 11) is 1.72. The van der Waals surface area contributed by atoms with Crippen LogP contribution in [0.1, 0.15) is 5.56 Å². The number of hydrogen-bond acceptors (Lipinski definition) is 5. The second-order valence-electron chi connectivity index (χ2n) is 3.66. The number of hydrogen-bond donors (Lipinski definition) is 2. The van der Waals surface area contributed by atoms with E-state index >= 15 is 0 Å². The number of aromatic nitrogens is 5. The number of nitrogens with one attached hydrogen (secondary N) is 1. The van der Waals surface area contributed by atoms with Gasteiger partial charge in [-0.2, -0.15) is 5.10 Å². The van der Waals surface area contributed by atoms with Crippen LogP contribution in [-0.4, -0.2) is 42.8 Å². The maximum atomic E-state index is 11.8. The fourth-order valence-electron chi connectivity index (χ4n) is 1.37. The van der Waals surface area contributed by atoms with E-state index in [1.54, 1.807) is 24.3 Å². The minimum absolute atomic E-state index is 0.0731. The van der Waals surface area contributed by atoms with E-state index in [0.29, 0.717) is 6.54 Å². The summed E-state index contributed by atoms with van der Waals surface area (Å²) >= 11 is 0. The average Bonchev–Trinajstić information content (AvgIpc) is 2.90. The SMILES string of the molecule is CN(Cc1cn[nH]c1)C(=O)Cn1cnc(N)n1. The second-order valence-corrected chi connectivity index (χ2v) is 3.66. The van der Waals surface area contributed by atoms with E-state index < -0.39 is 0 Å². The third-order valence-corrected chi connectivity index (χ3v) is 2.25. The van der Waals surface area contributed by atoms with Crippen LogP contribution in [0.2, 0.25) is 0 Å². The molecule has 0 spiro atoms. The van der Waals surface area contributed by atoms with Gasteiger partial charge in [0.15, 0.2) is 0 Å². The Labute approximate surface area is 97.4 Å². The zero-order valence-electron chi connectivity index (χ0n) is 9.37. The molecule has 0 unspecified atom stereocenters. The Kier molecular flexibility index (Phi) is 3.03. The highest BCUT2D eigenvalue weighted by Crippen LogP contribution is 2.01. The lowest BCUT2D eigenvalue weighted by molar-refractivity contribution is -0.131. The van der Waals surface area contributed by atoms with Crippen LogP contribution in [0.5, 0.6) is 0 Å². The molecule has 0 fully saturated rings. The lowest BCUT2D eigenvalue weighted by Gasteiger charge is -2.15. The van der Waals surface area contributed by atoms with Gasteiger partial charge in [-0.1, -0.05) is 0 Å². The molecule has 2 aromatic rings. The molecule has 3 N–H and O–H groups in total. The number of carbonyl (C=O) groups is 1. The summed E-state index contributed by atoms with van der Waals surface area (Å²) in [6, 6.07) is 0. The van der Waals surface area contributed by atoms with Gasteiger partial charge in [-0.05, 0) is 0 Å². The van der Waals surface area contributed by atoms with Crippen molar-refractivity contribution in [2.24, 2.45) is 0 Å². The predicted molar refractivity (Wildman–Crippen MR) is 59.5 cm³/mol. The number of anilines is 1. The number of nitrogens with zero attached hydrogens (tertiary/aromatic N) is 5. The average molecular weight is 235 g/mol. The van der Waals surface area contributed by atoms with Gasteiger partial charge in [-0.15, -0.1) is 5.10 Å². The lowest BCUT2D eigenvalue weighted by atomic mass is 10.3.